The first-order chi connectivity index (χ1) is 7.65. The largest absolute Gasteiger partial charge is 0.481 e. The fourth-order valence-electron chi connectivity index (χ4n) is 2.00. The molecule has 0 unspecified atom stereocenters. The summed E-state index contributed by atoms with van der Waals surface area (Å²) in [5.74, 6) is -0.820. The average Bonchev–Trinajstić information content (AvgIpc) is 2.30. The highest BCUT2D eigenvalue weighted by Gasteiger charge is 2.42. The molecule has 0 saturated carbocycles. The molecule has 1 saturated heterocycles. The number of halogens is 1. The standard InChI is InChI=1S/C11H12ClNO3/c12-9-2-1-8(7-13-9)11(10(14)15)3-5-16-6-4-11/h1-2,7H,3-6H2,(H,14,15). The number of ether oxygens (including phenoxy) is 1. The van der Waals surface area contributed by atoms with E-state index in [9.17, 15) is 9.90 Å². The molecule has 16 heavy (non-hydrogen) atoms. The molecule has 1 N–H and O–H groups in total. The van der Waals surface area contributed by atoms with Gasteiger partial charge in [0, 0.05) is 19.4 Å². The molecule has 0 spiro atoms. The van der Waals surface area contributed by atoms with E-state index in [4.69, 9.17) is 16.3 Å². The topological polar surface area (TPSA) is 59.4 Å². The quantitative estimate of drug-likeness (QED) is 0.803. The first-order valence-electron chi connectivity index (χ1n) is 5.08. The summed E-state index contributed by atoms with van der Waals surface area (Å²) in [6.45, 7) is 0.934. The van der Waals surface area contributed by atoms with Crippen molar-refractivity contribution in [3.63, 3.8) is 0 Å². The number of carbonyl (C=O) groups is 1. The summed E-state index contributed by atoms with van der Waals surface area (Å²) in [6, 6.07) is 3.35. The first-order valence-corrected chi connectivity index (χ1v) is 5.46. The maximum absolute atomic E-state index is 11.4. The van der Waals surface area contributed by atoms with Crippen molar-refractivity contribution in [3.05, 3.63) is 29.0 Å². The second kappa shape index (κ2) is 4.39. The number of hydrogen-bond acceptors (Lipinski definition) is 3. The lowest BCUT2D eigenvalue weighted by Crippen LogP contribution is -2.41. The van der Waals surface area contributed by atoms with Crippen molar-refractivity contribution < 1.29 is 14.6 Å². The molecule has 1 aromatic rings. The van der Waals surface area contributed by atoms with Gasteiger partial charge in [-0.15, -0.1) is 0 Å². The van der Waals surface area contributed by atoms with Crippen molar-refractivity contribution in [2.75, 3.05) is 13.2 Å². The van der Waals surface area contributed by atoms with Gasteiger partial charge in [0.15, 0.2) is 0 Å². The minimum atomic E-state index is -0.865. The Bertz CT molecular complexity index is 385. The van der Waals surface area contributed by atoms with E-state index in [0.717, 1.165) is 0 Å². The van der Waals surface area contributed by atoms with Gasteiger partial charge in [-0.05, 0) is 24.5 Å². The summed E-state index contributed by atoms with van der Waals surface area (Å²) < 4.78 is 5.21. The number of aromatic nitrogens is 1. The monoisotopic (exact) mass is 241 g/mol. The van der Waals surface area contributed by atoms with Crippen LogP contribution in [0.2, 0.25) is 5.15 Å². The zero-order chi connectivity index (χ0) is 11.6. The Morgan fingerprint density at radius 3 is 2.62 bits per heavy atom. The van der Waals surface area contributed by atoms with E-state index >= 15 is 0 Å². The molecule has 5 heteroatoms. The second-order valence-electron chi connectivity index (χ2n) is 3.87. The van der Waals surface area contributed by atoms with Crippen molar-refractivity contribution in [3.8, 4) is 0 Å². The maximum atomic E-state index is 11.4. The second-order valence-corrected chi connectivity index (χ2v) is 4.26. The van der Waals surface area contributed by atoms with Crippen molar-refractivity contribution in [2.45, 2.75) is 18.3 Å². The van der Waals surface area contributed by atoms with Crippen molar-refractivity contribution in [1.82, 2.24) is 4.98 Å². The zero-order valence-electron chi connectivity index (χ0n) is 8.65. The third-order valence-corrected chi connectivity index (χ3v) is 3.26. The first kappa shape index (κ1) is 11.4. The van der Waals surface area contributed by atoms with Gasteiger partial charge in [-0.2, -0.15) is 0 Å². The summed E-state index contributed by atoms with van der Waals surface area (Å²) in [4.78, 5) is 15.4. The molecule has 0 atom stereocenters. The number of carboxylic acids is 1. The van der Waals surface area contributed by atoms with Crippen LogP contribution in [-0.4, -0.2) is 29.3 Å². The van der Waals surface area contributed by atoms with Crippen LogP contribution in [-0.2, 0) is 14.9 Å². The van der Waals surface area contributed by atoms with Gasteiger partial charge < -0.3 is 9.84 Å². The Morgan fingerprint density at radius 1 is 1.44 bits per heavy atom. The third-order valence-electron chi connectivity index (χ3n) is 3.04. The molecule has 1 aliphatic heterocycles. The summed E-state index contributed by atoms with van der Waals surface area (Å²) in [7, 11) is 0. The third kappa shape index (κ3) is 1.90. The molecule has 0 aliphatic carbocycles. The van der Waals surface area contributed by atoms with Gasteiger partial charge in [-0.3, -0.25) is 4.79 Å². The van der Waals surface area contributed by atoms with Gasteiger partial charge in [-0.1, -0.05) is 17.7 Å². The molecule has 1 aliphatic rings. The predicted octanol–water partition coefficient (Wildman–Crippen LogP) is 1.87. The highest BCUT2D eigenvalue weighted by Crippen LogP contribution is 2.35. The highest BCUT2D eigenvalue weighted by molar-refractivity contribution is 6.29. The molecule has 86 valence electrons. The van der Waals surface area contributed by atoms with Crippen LogP contribution < -0.4 is 0 Å². The molecule has 2 rings (SSSR count). The van der Waals surface area contributed by atoms with Gasteiger partial charge >= 0.3 is 5.97 Å². The van der Waals surface area contributed by atoms with Crippen molar-refractivity contribution >= 4 is 17.6 Å². The number of nitrogens with zero attached hydrogens (tertiary/aromatic N) is 1. The van der Waals surface area contributed by atoms with Crippen LogP contribution in [0.4, 0.5) is 0 Å². The Labute approximate surface area is 98.2 Å². The molecule has 1 fully saturated rings. The van der Waals surface area contributed by atoms with Gasteiger partial charge in [0.2, 0.25) is 0 Å². The number of pyridine rings is 1. The number of hydrogen-bond donors (Lipinski definition) is 1. The van der Waals surface area contributed by atoms with Gasteiger partial charge in [0.05, 0.1) is 5.41 Å². The average molecular weight is 242 g/mol. The van der Waals surface area contributed by atoms with E-state index in [-0.39, 0.29) is 0 Å². The molecule has 1 aromatic heterocycles. The molecule has 4 nitrogen and oxygen atoms in total. The summed E-state index contributed by atoms with van der Waals surface area (Å²) >= 11 is 5.69. The van der Waals surface area contributed by atoms with E-state index < -0.39 is 11.4 Å². The smallest absolute Gasteiger partial charge is 0.314 e. The van der Waals surface area contributed by atoms with E-state index in [1.165, 1.54) is 0 Å². The molecule has 0 radical (unpaired) electrons. The molecule has 0 amide bonds. The van der Waals surface area contributed by atoms with Crippen LogP contribution in [0.3, 0.4) is 0 Å². The Balaban J connectivity index is 2.38. The summed E-state index contributed by atoms with van der Waals surface area (Å²) in [5.41, 5.74) is -0.164. The van der Waals surface area contributed by atoms with E-state index in [2.05, 4.69) is 4.98 Å². The molecule has 0 bridgehead atoms. The number of rotatable bonds is 2. The normalized spacial score (nSPS) is 19.3. The lowest BCUT2D eigenvalue weighted by Gasteiger charge is -2.33. The van der Waals surface area contributed by atoms with Crippen LogP contribution in [0.25, 0.3) is 0 Å². The van der Waals surface area contributed by atoms with E-state index in [1.807, 2.05) is 0 Å². The van der Waals surface area contributed by atoms with Gasteiger partial charge in [0.25, 0.3) is 0 Å². The summed E-state index contributed by atoms with van der Waals surface area (Å²) in [6.07, 6.45) is 2.50. The van der Waals surface area contributed by atoms with Crippen LogP contribution in [0, 0.1) is 0 Å². The van der Waals surface area contributed by atoms with Crippen molar-refractivity contribution in [2.24, 2.45) is 0 Å². The lowest BCUT2D eigenvalue weighted by atomic mass is 9.75. The Kier molecular flexibility index (Phi) is 3.12. The number of aliphatic carboxylic acids is 1. The lowest BCUT2D eigenvalue weighted by molar-refractivity contribution is -0.147. The van der Waals surface area contributed by atoms with Gasteiger partial charge in [0.1, 0.15) is 5.15 Å². The molecular formula is C11H12ClNO3. The Morgan fingerprint density at radius 2 is 2.12 bits per heavy atom. The minimum Gasteiger partial charge on any atom is -0.481 e. The Hall–Kier alpha value is -1.13. The SMILES string of the molecule is O=C(O)C1(c2ccc(Cl)nc2)CCOCC1. The van der Waals surface area contributed by atoms with Gasteiger partial charge in [-0.25, -0.2) is 4.98 Å². The minimum absolute atomic E-state index is 0.372. The van der Waals surface area contributed by atoms with Crippen molar-refractivity contribution in [1.29, 1.82) is 0 Å². The van der Waals surface area contributed by atoms with Crippen LogP contribution in [0.1, 0.15) is 18.4 Å². The molecule has 2 heterocycles. The molecular weight excluding hydrogens is 230 g/mol. The zero-order valence-corrected chi connectivity index (χ0v) is 9.41. The fraction of sp³-hybridized carbons (Fsp3) is 0.455. The summed E-state index contributed by atoms with van der Waals surface area (Å²) in [5, 5.41) is 9.77. The molecule has 0 aromatic carbocycles. The highest BCUT2D eigenvalue weighted by atomic mass is 35.5. The number of carboxylic acid groups (broad SMARTS) is 1. The van der Waals surface area contributed by atoms with Crippen LogP contribution in [0.15, 0.2) is 18.3 Å². The maximum Gasteiger partial charge on any atom is 0.314 e. The predicted molar refractivity (Wildman–Crippen MR) is 58.6 cm³/mol. The van der Waals surface area contributed by atoms with E-state index in [0.29, 0.717) is 36.8 Å². The van der Waals surface area contributed by atoms with E-state index in [1.54, 1.807) is 18.3 Å². The van der Waals surface area contributed by atoms with Crippen LogP contribution >= 0.6 is 11.6 Å². The fourth-order valence-corrected chi connectivity index (χ4v) is 2.12. The van der Waals surface area contributed by atoms with Crippen LogP contribution in [0.5, 0.6) is 0 Å².